The second-order valence-corrected chi connectivity index (χ2v) is 13.5. The fourth-order valence-corrected chi connectivity index (χ4v) is 7.57. The average Bonchev–Trinajstić information content (AvgIpc) is 3.24. The molecular weight excluding hydrogens is 570 g/mol. The number of methoxy groups -OCH3 is 2. The standard InChI is InChI=1S/C36H49N3O6/c1-7-35(8-2)20-32(41)39(21-31(37)38-35)33-27-18-24(16-17-30(27)45-36(33,22-42-5)23-43-6)28(40)14-11-12-25-19-34(3,4)44-29-15-10-9-13-26(25)29/h9-10,13,15-18,25,33H,7-8,11-12,14,19-23H2,1-6H3,(H2,37,38)/t25-,33-/m0/s1. The number of amidine groups is 1. The molecule has 0 unspecified atom stereocenters. The molecule has 2 N–H and O–H groups in total. The van der Waals surface area contributed by atoms with Crippen LogP contribution in [0.2, 0.25) is 0 Å². The summed E-state index contributed by atoms with van der Waals surface area (Å²) in [5, 5.41) is 0. The molecular formula is C36H49N3O6. The molecule has 9 nitrogen and oxygen atoms in total. The van der Waals surface area contributed by atoms with E-state index in [0.29, 0.717) is 42.3 Å². The number of hydrogen-bond donors (Lipinski definition) is 1. The number of para-hydroxylation sites is 1. The molecule has 2 aromatic carbocycles. The summed E-state index contributed by atoms with van der Waals surface area (Å²) >= 11 is 0. The van der Waals surface area contributed by atoms with Crippen molar-refractivity contribution in [3.05, 3.63) is 59.2 Å². The Labute approximate surface area is 267 Å². The van der Waals surface area contributed by atoms with Crippen molar-refractivity contribution in [1.29, 1.82) is 0 Å². The molecule has 0 bridgehead atoms. The second-order valence-electron chi connectivity index (χ2n) is 13.5. The summed E-state index contributed by atoms with van der Waals surface area (Å²) in [7, 11) is 3.21. The van der Waals surface area contributed by atoms with E-state index >= 15 is 0 Å². The van der Waals surface area contributed by atoms with E-state index in [0.717, 1.165) is 30.6 Å². The van der Waals surface area contributed by atoms with E-state index in [1.54, 1.807) is 19.1 Å². The third-order valence-corrected chi connectivity index (χ3v) is 9.80. The Morgan fingerprint density at radius 3 is 2.40 bits per heavy atom. The summed E-state index contributed by atoms with van der Waals surface area (Å²) in [5.74, 6) is 2.29. The number of carbonyl (C=O) groups excluding carboxylic acids is 2. The topological polar surface area (TPSA) is 113 Å². The van der Waals surface area contributed by atoms with Gasteiger partial charge in [-0.2, -0.15) is 0 Å². The van der Waals surface area contributed by atoms with Crippen LogP contribution in [0, 0.1) is 0 Å². The van der Waals surface area contributed by atoms with Crippen LogP contribution in [0.3, 0.4) is 0 Å². The fraction of sp³-hybridized carbons (Fsp3) is 0.583. The lowest BCUT2D eigenvalue weighted by molar-refractivity contribution is -0.143. The Kier molecular flexibility index (Phi) is 9.61. The molecule has 0 fully saturated rings. The van der Waals surface area contributed by atoms with Crippen molar-refractivity contribution in [3.63, 3.8) is 0 Å². The Morgan fingerprint density at radius 2 is 1.71 bits per heavy atom. The molecule has 244 valence electrons. The van der Waals surface area contributed by atoms with Gasteiger partial charge < -0.3 is 29.6 Å². The van der Waals surface area contributed by atoms with E-state index in [2.05, 4.69) is 19.9 Å². The molecule has 0 aromatic heterocycles. The average molecular weight is 620 g/mol. The first-order chi connectivity index (χ1) is 21.5. The van der Waals surface area contributed by atoms with Crippen LogP contribution in [-0.2, 0) is 14.3 Å². The van der Waals surface area contributed by atoms with Crippen molar-refractivity contribution in [1.82, 2.24) is 4.90 Å². The molecule has 1 amide bonds. The number of rotatable bonds is 12. The van der Waals surface area contributed by atoms with E-state index in [4.69, 9.17) is 29.7 Å². The van der Waals surface area contributed by atoms with Crippen molar-refractivity contribution in [3.8, 4) is 11.5 Å². The maximum absolute atomic E-state index is 14.0. The maximum Gasteiger partial charge on any atom is 0.226 e. The van der Waals surface area contributed by atoms with Gasteiger partial charge in [0.25, 0.3) is 0 Å². The summed E-state index contributed by atoms with van der Waals surface area (Å²) in [6, 6.07) is 13.2. The largest absolute Gasteiger partial charge is 0.488 e. The Bertz CT molecular complexity index is 1430. The van der Waals surface area contributed by atoms with Crippen molar-refractivity contribution in [2.24, 2.45) is 10.7 Å². The van der Waals surface area contributed by atoms with E-state index in [9.17, 15) is 9.59 Å². The summed E-state index contributed by atoms with van der Waals surface area (Å²) in [5.41, 5.74) is 7.24. The number of hydrogen-bond acceptors (Lipinski definition) is 8. The number of benzene rings is 2. The molecule has 45 heavy (non-hydrogen) atoms. The van der Waals surface area contributed by atoms with E-state index in [-0.39, 0.29) is 43.5 Å². The van der Waals surface area contributed by atoms with Crippen molar-refractivity contribution in [2.45, 2.75) is 101 Å². The molecule has 3 aliphatic rings. The monoisotopic (exact) mass is 619 g/mol. The smallest absolute Gasteiger partial charge is 0.226 e. The molecule has 3 aliphatic heterocycles. The molecule has 0 radical (unpaired) electrons. The third kappa shape index (κ3) is 6.61. The zero-order chi connectivity index (χ0) is 32.4. The summed E-state index contributed by atoms with van der Waals surface area (Å²) in [6.45, 7) is 8.84. The Hall–Kier alpha value is -3.43. The summed E-state index contributed by atoms with van der Waals surface area (Å²) < 4.78 is 24.1. The van der Waals surface area contributed by atoms with Crippen LogP contribution in [0.4, 0.5) is 0 Å². The Morgan fingerprint density at radius 1 is 1.02 bits per heavy atom. The highest BCUT2D eigenvalue weighted by Gasteiger charge is 2.54. The first-order valence-corrected chi connectivity index (χ1v) is 16.2. The van der Waals surface area contributed by atoms with Gasteiger partial charge in [-0.3, -0.25) is 14.6 Å². The minimum atomic E-state index is -1.02. The highest BCUT2D eigenvalue weighted by molar-refractivity contribution is 5.96. The third-order valence-electron chi connectivity index (χ3n) is 9.80. The number of ketones is 1. The van der Waals surface area contributed by atoms with Crippen molar-refractivity contribution < 1.29 is 28.5 Å². The van der Waals surface area contributed by atoms with Gasteiger partial charge in [-0.1, -0.05) is 32.0 Å². The maximum atomic E-state index is 14.0. The number of fused-ring (bicyclic) bond motifs is 2. The van der Waals surface area contributed by atoms with Crippen LogP contribution in [-0.4, -0.2) is 73.1 Å². The van der Waals surface area contributed by atoms with Crippen LogP contribution < -0.4 is 15.2 Å². The molecule has 0 saturated heterocycles. The summed E-state index contributed by atoms with van der Waals surface area (Å²) in [6.07, 6.45) is 4.64. The molecule has 9 heteroatoms. The number of carbonyl (C=O) groups is 2. The molecule has 5 rings (SSSR count). The highest BCUT2D eigenvalue weighted by Crippen LogP contribution is 2.49. The van der Waals surface area contributed by atoms with Crippen LogP contribution in [0.15, 0.2) is 47.5 Å². The predicted octanol–water partition coefficient (Wildman–Crippen LogP) is 6.00. The van der Waals surface area contributed by atoms with Crippen LogP contribution >= 0.6 is 0 Å². The van der Waals surface area contributed by atoms with E-state index in [1.165, 1.54) is 5.56 Å². The lowest BCUT2D eigenvalue weighted by Gasteiger charge is -2.40. The number of nitrogens with two attached hydrogens (primary N) is 1. The zero-order valence-corrected chi connectivity index (χ0v) is 27.7. The van der Waals surface area contributed by atoms with E-state index in [1.807, 2.05) is 50.2 Å². The fourth-order valence-electron chi connectivity index (χ4n) is 7.57. The number of aliphatic imine (C=N–C) groups is 1. The van der Waals surface area contributed by atoms with Crippen LogP contribution in [0.25, 0.3) is 0 Å². The van der Waals surface area contributed by atoms with Gasteiger partial charge in [-0.05, 0) is 81.7 Å². The molecule has 3 heterocycles. The van der Waals surface area contributed by atoms with Gasteiger partial charge in [0, 0.05) is 31.8 Å². The summed E-state index contributed by atoms with van der Waals surface area (Å²) in [4.78, 5) is 34.2. The van der Waals surface area contributed by atoms with Gasteiger partial charge in [0.15, 0.2) is 11.4 Å². The van der Waals surface area contributed by atoms with Gasteiger partial charge in [0.2, 0.25) is 5.91 Å². The lowest BCUT2D eigenvalue weighted by Crippen LogP contribution is -2.55. The van der Waals surface area contributed by atoms with Crippen LogP contribution in [0.1, 0.15) is 106 Å². The second kappa shape index (κ2) is 13.1. The first-order valence-electron chi connectivity index (χ1n) is 16.2. The van der Waals surface area contributed by atoms with Crippen molar-refractivity contribution >= 4 is 17.5 Å². The van der Waals surface area contributed by atoms with Gasteiger partial charge in [-0.15, -0.1) is 0 Å². The highest BCUT2D eigenvalue weighted by atomic mass is 16.6. The molecule has 2 aromatic rings. The van der Waals surface area contributed by atoms with Gasteiger partial charge in [-0.25, -0.2) is 0 Å². The van der Waals surface area contributed by atoms with E-state index < -0.39 is 17.2 Å². The van der Waals surface area contributed by atoms with Gasteiger partial charge in [0.1, 0.15) is 29.0 Å². The number of ether oxygens (including phenoxy) is 4. The van der Waals surface area contributed by atoms with Gasteiger partial charge in [0.05, 0.1) is 31.7 Å². The van der Waals surface area contributed by atoms with Crippen LogP contribution in [0.5, 0.6) is 11.5 Å². The normalized spacial score (nSPS) is 22.8. The first kappa shape index (κ1) is 32.9. The minimum absolute atomic E-state index is 0.0580. The molecule has 2 atom stereocenters. The molecule has 0 spiro atoms. The number of amides is 1. The van der Waals surface area contributed by atoms with Crippen molar-refractivity contribution in [2.75, 3.05) is 34.0 Å². The quantitative estimate of drug-likeness (QED) is 0.290. The SMILES string of the molecule is CCC1(CC)CC(=O)N([C@H]2c3cc(C(=O)CCC[C@H]4CC(C)(C)Oc5ccccc54)ccc3OC2(COC)COC)CC(N)=N1. The predicted molar refractivity (Wildman–Crippen MR) is 174 cm³/mol. The Balaban J connectivity index is 1.40. The number of nitrogens with zero attached hydrogens (tertiary/aromatic N) is 2. The van der Waals surface area contributed by atoms with Gasteiger partial charge >= 0.3 is 0 Å². The molecule has 0 saturated carbocycles. The lowest BCUT2D eigenvalue weighted by atomic mass is 9.81. The number of Topliss-reactive ketones (excluding diaryl/α,β-unsaturated/α-hetero) is 1. The zero-order valence-electron chi connectivity index (χ0n) is 27.7. The molecule has 0 aliphatic carbocycles. The minimum Gasteiger partial charge on any atom is -0.488 e.